The van der Waals surface area contributed by atoms with Gasteiger partial charge in [0, 0.05) is 23.1 Å². The Morgan fingerprint density at radius 2 is 2.22 bits per heavy atom. The number of nitrogens with zero attached hydrogens (tertiary/aromatic N) is 1. The van der Waals surface area contributed by atoms with Crippen LogP contribution in [0.4, 0.5) is 5.88 Å². The Balaban J connectivity index is 1.82. The van der Waals surface area contributed by atoms with Crippen LogP contribution in [-0.2, 0) is 6.42 Å². The molecule has 1 unspecified atom stereocenters. The molecule has 1 aliphatic rings. The minimum absolute atomic E-state index is 0.217. The summed E-state index contributed by atoms with van der Waals surface area (Å²) < 4.78 is 10.7. The number of fused-ring (bicyclic) bond motifs is 3. The van der Waals surface area contributed by atoms with Crippen LogP contribution >= 0.6 is 0 Å². The summed E-state index contributed by atoms with van der Waals surface area (Å²) in [6.45, 7) is 0.774. The quantitative estimate of drug-likeness (QED) is 0.573. The van der Waals surface area contributed by atoms with Crippen molar-refractivity contribution >= 4 is 16.8 Å². The molecule has 0 fully saturated rings. The Bertz CT molecular complexity index is 896. The van der Waals surface area contributed by atoms with Crippen LogP contribution in [0, 0.1) is 10.1 Å². The lowest BCUT2D eigenvalue weighted by molar-refractivity contribution is -0.402. The number of furan rings is 1. The lowest BCUT2D eigenvalue weighted by Gasteiger charge is -2.22. The number of aromatic amines is 1. The number of aromatic nitrogens is 1. The van der Waals surface area contributed by atoms with Gasteiger partial charge in [0.15, 0.2) is 0 Å². The van der Waals surface area contributed by atoms with Gasteiger partial charge in [0.1, 0.15) is 22.5 Å². The fourth-order valence-electron chi connectivity index (χ4n) is 3.17. The van der Waals surface area contributed by atoms with E-state index >= 15 is 0 Å². The molecule has 7 nitrogen and oxygen atoms in total. The second-order valence-electron chi connectivity index (χ2n) is 5.50. The van der Waals surface area contributed by atoms with E-state index in [1.807, 2.05) is 18.2 Å². The molecule has 1 aromatic carbocycles. The predicted octanol–water partition coefficient (Wildman–Crippen LogP) is 2.91. The van der Waals surface area contributed by atoms with Gasteiger partial charge in [0.2, 0.25) is 0 Å². The molecule has 0 spiro atoms. The van der Waals surface area contributed by atoms with Gasteiger partial charge in [-0.15, -0.1) is 0 Å². The summed E-state index contributed by atoms with van der Waals surface area (Å²) in [5, 5.41) is 15.3. The number of benzene rings is 1. The Morgan fingerprint density at radius 1 is 1.35 bits per heavy atom. The number of H-pyrrole nitrogens is 1. The second kappa shape index (κ2) is 5.13. The predicted molar refractivity (Wildman–Crippen MR) is 83.8 cm³/mol. The highest BCUT2D eigenvalue weighted by Crippen LogP contribution is 2.36. The van der Waals surface area contributed by atoms with Gasteiger partial charge < -0.3 is 19.5 Å². The summed E-state index contributed by atoms with van der Waals surface area (Å²) >= 11 is 0. The van der Waals surface area contributed by atoms with Gasteiger partial charge in [-0.1, -0.05) is 0 Å². The van der Waals surface area contributed by atoms with Gasteiger partial charge >= 0.3 is 5.88 Å². The summed E-state index contributed by atoms with van der Waals surface area (Å²) in [7, 11) is 1.65. The van der Waals surface area contributed by atoms with Crippen LogP contribution in [-0.4, -0.2) is 23.6 Å². The Kier molecular flexibility index (Phi) is 3.09. The number of ether oxygens (including phenoxy) is 1. The standard InChI is InChI=1S/C16H15N3O4/c1-22-9-2-3-12-11(8-9)10-6-7-17-16(15(10)18-12)13-4-5-14(23-13)19(20)21/h2-5,8,16-18H,6-7H2,1H3. The van der Waals surface area contributed by atoms with Gasteiger partial charge in [-0.05, 0) is 36.2 Å². The Labute approximate surface area is 131 Å². The molecule has 0 aliphatic carbocycles. The molecule has 2 N–H and O–H groups in total. The van der Waals surface area contributed by atoms with Crippen LogP contribution in [0.3, 0.4) is 0 Å². The topological polar surface area (TPSA) is 93.3 Å². The van der Waals surface area contributed by atoms with Crippen molar-refractivity contribution < 1.29 is 14.1 Å². The number of nitrogens with one attached hydrogen (secondary N) is 2. The van der Waals surface area contributed by atoms with E-state index in [2.05, 4.69) is 10.3 Å². The van der Waals surface area contributed by atoms with Crippen LogP contribution in [0.2, 0.25) is 0 Å². The molecular weight excluding hydrogens is 298 g/mol. The normalized spacial score (nSPS) is 17.2. The summed E-state index contributed by atoms with van der Waals surface area (Å²) in [5.41, 5.74) is 3.20. The molecule has 3 aromatic rings. The van der Waals surface area contributed by atoms with E-state index in [1.54, 1.807) is 13.2 Å². The number of rotatable bonds is 3. The van der Waals surface area contributed by atoms with Gasteiger partial charge in [-0.2, -0.15) is 0 Å². The van der Waals surface area contributed by atoms with Crippen molar-refractivity contribution in [2.24, 2.45) is 0 Å². The highest BCUT2D eigenvalue weighted by Gasteiger charge is 2.29. The summed E-state index contributed by atoms with van der Waals surface area (Å²) in [5.74, 6) is 1.10. The van der Waals surface area contributed by atoms with Crippen LogP contribution in [0.15, 0.2) is 34.7 Å². The summed E-state index contributed by atoms with van der Waals surface area (Å²) in [6, 6.07) is 8.72. The third kappa shape index (κ3) is 2.17. The first-order valence-corrected chi connectivity index (χ1v) is 7.33. The lowest BCUT2D eigenvalue weighted by atomic mass is 9.98. The molecule has 7 heteroatoms. The molecule has 3 heterocycles. The Morgan fingerprint density at radius 3 is 2.96 bits per heavy atom. The first-order valence-electron chi connectivity index (χ1n) is 7.33. The van der Waals surface area contributed by atoms with Crippen molar-refractivity contribution in [2.75, 3.05) is 13.7 Å². The molecule has 0 saturated carbocycles. The number of nitro groups is 1. The van der Waals surface area contributed by atoms with Gasteiger partial charge in [-0.25, -0.2) is 0 Å². The third-order valence-corrected chi connectivity index (χ3v) is 4.24. The zero-order valence-electron chi connectivity index (χ0n) is 12.5. The lowest BCUT2D eigenvalue weighted by Crippen LogP contribution is -2.30. The maximum atomic E-state index is 10.8. The highest BCUT2D eigenvalue weighted by molar-refractivity contribution is 5.86. The smallest absolute Gasteiger partial charge is 0.433 e. The van der Waals surface area contributed by atoms with Crippen LogP contribution in [0.1, 0.15) is 23.1 Å². The van der Waals surface area contributed by atoms with Crippen molar-refractivity contribution in [2.45, 2.75) is 12.5 Å². The molecule has 23 heavy (non-hydrogen) atoms. The van der Waals surface area contributed by atoms with Gasteiger partial charge in [-0.3, -0.25) is 10.1 Å². The van der Waals surface area contributed by atoms with E-state index < -0.39 is 4.92 Å². The zero-order valence-corrected chi connectivity index (χ0v) is 12.5. The maximum absolute atomic E-state index is 10.8. The molecule has 0 saturated heterocycles. The third-order valence-electron chi connectivity index (χ3n) is 4.24. The average molecular weight is 313 g/mol. The first-order chi connectivity index (χ1) is 11.2. The van der Waals surface area contributed by atoms with Gasteiger partial charge in [0.05, 0.1) is 13.2 Å². The molecule has 0 amide bonds. The van der Waals surface area contributed by atoms with Crippen LogP contribution < -0.4 is 10.1 Å². The Hall–Kier alpha value is -2.80. The number of hydrogen-bond acceptors (Lipinski definition) is 5. The number of methoxy groups -OCH3 is 1. The fraction of sp³-hybridized carbons (Fsp3) is 0.250. The van der Waals surface area contributed by atoms with Crippen molar-refractivity contribution in [3.8, 4) is 5.75 Å². The van der Waals surface area contributed by atoms with Crippen molar-refractivity contribution in [3.63, 3.8) is 0 Å². The van der Waals surface area contributed by atoms with E-state index in [-0.39, 0.29) is 11.9 Å². The average Bonchev–Trinajstić information content (AvgIpc) is 3.18. The fourth-order valence-corrected chi connectivity index (χ4v) is 3.17. The van der Waals surface area contributed by atoms with Crippen LogP contribution in [0.25, 0.3) is 10.9 Å². The summed E-state index contributed by atoms with van der Waals surface area (Å²) in [4.78, 5) is 13.7. The monoisotopic (exact) mass is 313 g/mol. The van der Waals surface area contributed by atoms with Gasteiger partial charge in [0.25, 0.3) is 0 Å². The molecule has 1 atom stereocenters. The zero-order chi connectivity index (χ0) is 16.0. The number of hydrogen-bond donors (Lipinski definition) is 2. The molecule has 1 aliphatic heterocycles. The highest BCUT2D eigenvalue weighted by atomic mass is 16.6. The summed E-state index contributed by atoms with van der Waals surface area (Å²) in [6.07, 6.45) is 0.877. The van der Waals surface area contributed by atoms with Crippen molar-refractivity contribution in [1.82, 2.24) is 10.3 Å². The SMILES string of the molecule is COc1ccc2[nH]c3c(c2c1)CCNC3c1ccc([N+](=O)[O-])o1. The minimum atomic E-state index is -0.524. The molecular formula is C16H15N3O4. The van der Waals surface area contributed by atoms with E-state index in [1.165, 1.54) is 11.6 Å². The maximum Gasteiger partial charge on any atom is 0.433 e. The molecule has 0 radical (unpaired) electrons. The largest absolute Gasteiger partial charge is 0.497 e. The molecule has 118 valence electrons. The van der Waals surface area contributed by atoms with Crippen LogP contribution in [0.5, 0.6) is 5.75 Å². The van der Waals surface area contributed by atoms with E-state index in [4.69, 9.17) is 9.15 Å². The van der Waals surface area contributed by atoms with E-state index in [0.717, 1.165) is 35.3 Å². The minimum Gasteiger partial charge on any atom is -0.497 e. The second-order valence-corrected chi connectivity index (χ2v) is 5.50. The van der Waals surface area contributed by atoms with Crippen molar-refractivity contribution in [3.05, 3.63) is 57.5 Å². The van der Waals surface area contributed by atoms with E-state index in [0.29, 0.717) is 5.76 Å². The van der Waals surface area contributed by atoms with Crippen molar-refractivity contribution in [1.29, 1.82) is 0 Å². The first kappa shape index (κ1) is 13.8. The molecule has 4 rings (SSSR count). The molecule has 2 aromatic heterocycles. The molecule has 0 bridgehead atoms. The van der Waals surface area contributed by atoms with E-state index in [9.17, 15) is 10.1 Å².